The molecular formula is C25H30ClN7O. The van der Waals surface area contributed by atoms with E-state index in [0.717, 1.165) is 53.6 Å². The van der Waals surface area contributed by atoms with Crippen LogP contribution in [0.25, 0.3) is 22.5 Å². The molecule has 178 valence electrons. The highest BCUT2D eigenvalue weighted by molar-refractivity contribution is 6.30. The molecule has 0 saturated heterocycles. The van der Waals surface area contributed by atoms with Crippen molar-refractivity contribution in [3.8, 4) is 22.5 Å². The van der Waals surface area contributed by atoms with Crippen LogP contribution in [0.2, 0.25) is 5.15 Å². The predicted molar refractivity (Wildman–Crippen MR) is 134 cm³/mol. The van der Waals surface area contributed by atoms with Crippen LogP contribution in [-0.4, -0.2) is 34.7 Å². The number of tetrazole rings is 1. The number of nitrogens with zero attached hydrogens (tertiary/aromatic N) is 6. The van der Waals surface area contributed by atoms with Gasteiger partial charge in [-0.15, -0.1) is 5.10 Å². The number of halogens is 1. The smallest absolute Gasteiger partial charge is 0.290 e. The van der Waals surface area contributed by atoms with Crippen molar-refractivity contribution in [1.29, 1.82) is 0 Å². The Bertz CT molecular complexity index is 1270. The third-order valence-electron chi connectivity index (χ3n) is 5.99. The molecule has 34 heavy (non-hydrogen) atoms. The van der Waals surface area contributed by atoms with Crippen LogP contribution in [0.5, 0.6) is 0 Å². The Balaban J connectivity index is 1.63. The molecule has 4 aromatic rings. The van der Waals surface area contributed by atoms with Crippen molar-refractivity contribution in [2.24, 2.45) is 5.92 Å². The van der Waals surface area contributed by atoms with Crippen molar-refractivity contribution < 1.29 is 0 Å². The standard InChI is InChI=1S/C25H30ClN7O/c1-4-5-6-22-23(26)32(14-12-17(2)3)25(34)33(22)16-18-7-9-19(10-8-18)20-11-13-27-15-21(20)24-28-30-31-29-24/h7-11,13,15,17H,4-6,12,14,16H2,1-3H3,(H,28,29,30,31). The van der Waals surface area contributed by atoms with Crippen LogP contribution in [0, 0.1) is 5.92 Å². The minimum absolute atomic E-state index is 0.0323. The zero-order valence-electron chi connectivity index (χ0n) is 19.8. The van der Waals surface area contributed by atoms with Gasteiger partial charge in [0.2, 0.25) is 0 Å². The molecule has 0 unspecified atom stereocenters. The summed E-state index contributed by atoms with van der Waals surface area (Å²) in [5, 5.41) is 14.7. The zero-order valence-corrected chi connectivity index (χ0v) is 20.6. The lowest BCUT2D eigenvalue weighted by molar-refractivity contribution is 0.503. The molecule has 0 amide bonds. The number of rotatable bonds is 10. The second-order valence-electron chi connectivity index (χ2n) is 8.91. The molecule has 0 spiro atoms. The van der Waals surface area contributed by atoms with Crippen molar-refractivity contribution in [1.82, 2.24) is 34.7 Å². The van der Waals surface area contributed by atoms with E-state index in [-0.39, 0.29) is 5.69 Å². The van der Waals surface area contributed by atoms with Gasteiger partial charge in [0.15, 0.2) is 5.82 Å². The number of H-pyrrole nitrogens is 1. The summed E-state index contributed by atoms with van der Waals surface area (Å²) in [6.45, 7) is 7.59. The molecule has 0 bridgehead atoms. The summed E-state index contributed by atoms with van der Waals surface area (Å²) in [6, 6.07) is 10.1. The number of imidazole rings is 1. The van der Waals surface area contributed by atoms with E-state index < -0.39 is 0 Å². The van der Waals surface area contributed by atoms with Gasteiger partial charge in [0.05, 0.1) is 12.2 Å². The molecule has 0 aliphatic heterocycles. The van der Waals surface area contributed by atoms with Crippen molar-refractivity contribution in [2.75, 3.05) is 0 Å². The number of hydrogen-bond donors (Lipinski definition) is 1. The summed E-state index contributed by atoms with van der Waals surface area (Å²) in [6.07, 6.45) is 7.24. The first-order chi connectivity index (χ1) is 16.5. The minimum Gasteiger partial charge on any atom is -0.290 e. The minimum atomic E-state index is -0.0323. The summed E-state index contributed by atoms with van der Waals surface area (Å²) >= 11 is 6.71. The van der Waals surface area contributed by atoms with Crippen molar-refractivity contribution in [2.45, 2.75) is 59.5 Å². The van der Waals surface area contributed by atoms with Crippen LogP contribution in [-0.2, 0) is 19.5 Å². The van der Waals surface area contributed by atoms with Crippen LogP contribution in [0.3, 0.4) is 0 Å². The van der Waals surface area contributed by atoms with Crippen LogP contribution >= 0.6 is 11.6 Å². The fourth-order valence-electron chi connectivity index (χ4n) is 4.02. The Morgan fingerprint density at radius 3 is 2.56 bits per heavy atom. The highest BCUT2D eigenvalue weighted by atomic mass is 35.5. The molecule has 0 aliphatic rings. The highest BCUT2D eigenvalue weighted by Crippen LogP contribution is 2.29. The number of unbranched alkanes of at least 4 members (excludes halogenated alkanes) is 1. The molecule has 3 heterocycles. The first-order valence-corrected chi connectivity index (χ1v) is 12.1. The van der Waals surface area contributed by atoms with Gasteiger partial charge >= 0.3 is 5.69 Å². The first kappa shape index (κ1) is 23.9. The van der Waals surface area contributed by atoms with Crippen molar-refractivity contribution >= 4 is 11.6 Å². The number of hydrogen-bond acceptors (Lipinski definition) is 5. The van der Waals surface area contributed by atoms with E-state index in [2.05, 4.69) is 46.4 Å². The molecule has 0 radical (unpaired) electrons. The molecule has 0 fully saturated rings. The van der Waals surface area contributed by atoms with Crippen molar-refractivity contribution in [3.05, 3.63) is 69.6 Å². The Morgan fingerprint density at radius 2 is 1.88 bits per heavy atom. The summed E-state index contributed by atoms with van der Waals surface area (Å²) in [5.41, 5.74) is 4.75. The second kappa shape index (κ2) is 10.8. The number of aromatic nitrogens is 7. The van der Waals surface area contributed by atoms with Gasteiger partial charge in [0, 0.05) is 24.5 Å². The zero-order chi connectivity index (χ0) is 24.1. The van der Waals surface area contributed by atoms with E-state index in [9.17, 15) is 4.79 Å². The molecule has 1 N–H and O–H groups in total. The lowest BCUT2D eigenvalue weighted by atomic mass is 10.00. The lowest BCUT2D eigenvalue weighted by Crippen LogP contribution is -2.26. The molecule has 8 nitrogen and oxygen atoms in total. The molecule has 4 rings (SSSR count). The van der Waals surface area contributed by atoms with E-state index in [0.29, 0.717) is 30.0 Å². The van der Waals surface area contributed by atoms with E-state index >= 15 is 0 Å². The summed E-state index contributed by atoms with van der Waals surface area (Å²) in [4.78, 5) is 17.5. The van der Waals surface area contributed by atoms with Gasteiger partial charge in [-0.2, -0.15) is 0 Å². The normalized spacial score (nSPS) is 11.4. The van der Waals surface area contributed by atoms with Crippen LogP contribution in [0.1, 0.15) is 51.3 Å². The largest absolute Gasteiger partial charge is 0.329 e. The van der Waals surface area contributed by atoms with Crippen LogP contribution in [0.4, 0.5) is 0 Å². The van der Waals surface area contributed by atoms with Gasteiger partial charge in [-0.1, -0.05) is 63.1 Å². The summed E-state index contributed by atoms with van der Waals surface area (Å²) in [7, 11) is 0. The maximum atomic E-state index is 13.3. The van der Waals surface area contributed by atoms with E-state index in [4.69, 9.17) is 11.6 Å². The number of nitrogens with one attached hydrogen (secondary N) is 1. The average Bonchev–Trinajstić information content (AvgIpc) is 3.45. The predicted octanol–water partition coefficient (Wildman–Crippen LogP) is 4.98. The Hall–Kier alpha value is -3.26. The molecule has 9 heteroatoms. The Morgan fingerprint density at radius 1 is 1.09 bits per heavy atom. The first-order valence-electron chi connectivity index (χ1n) is 11.7. The van der Waals surface area contributed by atoms with Gasteiger partial charge in [0.25, 0.3) is 0 Å². The number of aromatic amines is 1. The van der Waals surface area contributed by atoms with Gasteiger partial charge in [-0.05, 0) is 58.4 Å². The third kappa shape index (κ3) is 5.12. The molecular weight excluding hydrogens is 450 g/mol. The van der Waals surface area contributed by atoms with Gasteiger partial charge in [-0.3, -0.25) is 14.1 Å². The van der Waals surface area contributed by atoms with Crippen LogP contribution < -0.4 is 5.69 Å². The average molecular weight is 480 g/mol. The van der Waals surface area contributed by atoms with Crippen molar-refractivity contribution in [3.63, 3.8) is 0 Å². The number of benzene rings is 1. The molecule has 0 atom stereocenters. The van der Waals surface area contributed by atoms with Gasteiger partial charge in [0.1, 0.15) is 5.15 Å². The topological polar surface area (TPSA) is 94.3 Å². The molecule has 0 aliphatic carbocycles. The van der Waals surface area contributed by atoms with E-state index in [1.165, 1.54) is 0 Å². The monoisotopic (exact) mass is 479 g/mol. The van der Waals surface area contributed by atoms with E-state index in [1.54, 1.807) is 17.0 Å². The molecule has 1 aromatic carbocycles. The van der Waals surface area contributed by atoms with Gasteiger partial charge in [-0.25, -0.2) is 9.89 Å². The summed E-state index contributed by atoms with van der Waals surface area (Å²) in [5.74, 6) is 1.07. The fourth-order valence-corrected chi connectivity index (χ4v) is 4.37. The maximum absolute atomic E-state index is 13.3. The van der Waals surface area contributed by atoms with Gasteiger partial charge < -0.3 is 0 Å². The third-order valence-corrected chi connectivity index (χ3v) is 6.41. The second-order valence-corrected chi connectivity index (χ2v) is 9.27. The van der Waals surface area contributed by atoms with E-state index in [1.807, 2.05) is 34.9 Å². The lowest BCUT2D eigenvalue weighted by Gasteiger charge is -2.10. The maximum Gasteiger partial charge on any atom is 0.329 e. The SMILES string of the molecule is CCCCc1c(Cl)n(CCC(C)C)c(=O)n1Cc1ccc(-c2ccncc2-c2nnn[nH]2)cc1. The highest BCUT2D eigenvalue weighted by Gasteiger charge is 2.19. The fraction of sp³-hybridized carbons (Fsp3) is 0.400. The Kier molecular flexibility index (Phi) is 7.57. The quantitative estimate of drug-likeness (QED) is 0.346. The number of pyridine rings is 1. The molecule has 0 saturated carbocycles. The Labute approximate surface area is 204 Å². The molecule has 3 aromatic heterocycles. The van der Waals surface area contributed by atoms with Crippen LogP contribution in [0.15, 0.2) is 47.5 Å². The summed E-state index contributed by atoms with van der Waals surface area (Å²) < 4.78 is 3.57.